The molecule has 0 aliphatic heterocycles. The lowest BCUT2D eigenvalue weighted by Gasteiger charge is -2.18. The van der Waals surface area contributed by atoms with E-state index in [1.807, 2.05) is 20.8 Å². The van der Waals surface area contributed by atoms with Crippen molar-refractivity contribution in [2.24, 2.45) is 5.92 Å². The molecule has 0 spiro atoms. The normalized spacial score (nSPS) is 14.0. The molecule has 2 unspecified atom stereocenters. The monoisotopic (exact) mass is 267 g/mol. The van der Waals surface area contributed by atoms with Crippen LogP contribution in [-0.4, -0.2) is 33.2 Å². The number of carboxylic acid groups (broad SMARTS) is 1. The highest BCUT2D eigenvalue weighted by Gasteiger charge is 2.20. The van der Waals surface area contributed by atoms with E-state index in [4.69, 9.17) is 9.84 Å². The second-order valence-corrected chi connectivity index (χ2v) is 4.90. The van der Waals surface area contributed by atoms with Gasteiger partial charge in [-0.1, -0.05) is 0 Å². The zero-order chi connectivity index (χ0) is 14.6. The smallest absolute Gasteiger partial charge is 0.308 e. The van der Waals surface area contributed by atoms with E-state index in [-0.39, 0.29) is 12.1 Å². The lowest BCUT2D eigenvalue weighted by atomic mass is 10.0. The number of carboxylic acids is 1. The molecular weight excluding hydrogens is 246 g/mol. The van der Waals surface area contributed by atoms with Crippen molar-refractivity contribution in [1.29, 1.82) is 0 Å². The van der Waals surface area contributed by atoms with E-state index in [0.717, 1.165) is 5.69 Å². The Morgan fingerprint density at radius 1 is 1.32 bits per heavy atom. The van der Waals surface area contributed by atoms with E-state index in [1.165, 1.54) is 0 Å². The summed E-state index contributed by atoms with van der Waals surface area (Å²) in [6, 6.07) is 1.47. The highest BCUT2D eigenvalue weighted by atomic mass is 16.5. The van der Waals surface area contributed by atoms with Crippen molar-refractivity contribution in [3.63, 3.8) is 0 Å². The molecule has 1 heterocycles. The van der Waals surface area contributed by atoms with Gasteiger partial charge in [0.05, 0.1) is 12.0 Å². The van der Waals surface area contributed by atoms with E-state index in [1.54, 1.807) is 19.9 Å². The third-order valence-electron chi connectivity index (χ3n) is 2.68. The van der Waals surface area contributed by atoms with Crippen LogP contribution < -0.4 is 10.1 Å². The minimum Gasteiger partial charge on any atom is -0.481 e. The first-order valence-corrected chi connectivity index (χ1v) is 6.31. The number of nitrogens with zero attached hydrogens (tertiary/aromatic N) is 2. The van der Waals surface area contributed by atoms with Gasteiger partial charge in [0, 0.05) is 17.8 Å². The first-order chi connectivity index (χ1) is 8.79. The number of ether oxygens (including phenoxy) is 1. The van der Waals surface area contributed by atoms with E-state index in [2.05, 4.69) is 15.3 Å². The molecule has 6 nitrogen and oxygen atoms in total. The maximum absolute atomic E-state index is 10.9. The molecule has 106 valence electrons. The van der Waals surface area contributed by atoms with Gasteiger partial charge in [0.1, 0.15) is 0 Å². The van der Waals surface area contributed by atoms with E-state index in [9.17, 15) is 4.79 Å². The van der Waals surface area contributed by atoms with Crippen molar-refractivity contribution in [3.05, 3.63) is 11.8 Å². The van der Waals surface area contributed by atoms with Gasteiger partial charge in [-0.3, -0.25) is 4.79 Å². The fourth-order valence-electron chi connectivity index (χ4n) is 1.45. The number of aryl methyl sites for hydroxylation is 1. The summed E-state index contributed by atoms with van der Waals surface area (Å²) in [5.41, 5.74) is 0.767. The Morgan fingerprint density at radius 3 is 2.47 bits per heavy atom. The van der Waals surface area contributed by atoms with Crippen molar-refractivity contribution >= 4 is 11.9 Å². The minimum atomic E-state index is -0.855. The molecule has 0 fully saturated rings. The molecule has 0 saturated carbocycles. The fraction of sp³-hybridized carbons (Fsp3) is 0.615. The Morgan fingerprint density at radius 2 is 1.95 bits per heavy atom. The summed E-state index contributed by atoms with van der Waals surface area (Å²) in [6.07, 6.45) is 0.0255. The van der Waals surface area contributed by atoms with Crippen molar-refractivity contribution in [2.45, 2.75) is 46.8 Å². The van der Waals surface area contributed by atoms with E-state index < -0.39 is 11.9 Å². The van der Waals surface area contributed by atoms with Crippen LogP contribution in [0.15, 0.2) is 6.07 Å². The Labute approximate surface area is 113 Å². The summed E-state index contributed by atoms with van der Waals surface area (Å²) in [6.45, 7) is 9.10. The molecule has 2 atom stereocenters. The van der Waals surface area contributed by atoms with Crippen LogP contribution in [-0.2, 0) is 4.79 Å². The molecule has 1 rings (SSSR count). The topological polar surface area (TPSA) is 84.3 Å². The predicted octanol–water partition coefficient (Wildman–Crippen LogP) is 2.09. The maximum Gasteiger partial charge on any atom is 0.308 e. The zero-order valence-corrected chi connectivity index (χ0v) is 12.0. The predicted molar refractivity (Wildman–Crippen MR) is 72.4 cm³/mol. The molecule has 0 aromatic carbocycles. The molecule has 0 saturated heterocycles. The summed E-state index contributed by atoms with van der Waals surface area (Å²) >= 11 is 0. The highest BCUT2D eigenvalue weighted by Crippen LogP contribution is 2.15. The van der Waals surface area contributed by atoms with E-state index in [0.29, 0.717) is 11.8 Å². The second-order valence-electron chi connectivity index (χ2n) is 4.90. The van der Waals surface area contributed by atoms with Crippen LogP contribution in [0.25, 0.3) is 0 Å². The van der Waals surface area contributed by atoms with Crippen LogP contribution in [0.2, 0.25) is 0 Å². The SMILES string of the molecule is Cc1cc(OC(C)C)nc(NC(C)C(C)C(=O)O)n1. The number of nitrogens with one attached hydrogen (secondary N) is 1. The van der Waals surface area contributed by atoms with Gasteiger partial charge in [-0.05, 0) is 34.6 Å². The number of aliphatic carboxylic acids is 1. The maximum atomic E-state index is 10.9. The van der Waals surface area contributed by atoms with Gasteiger partial charge in [0.15, 0.2) is 0 Å². The van der Waals surface area contributed by atoms with Crippen molar-refractivity contribution in [3.8, 4) is 5.88 Å². The summed E-state index contributed by atoms with van der Waals surface area (Å²) in [7, 11) is 0. The van der Waals surface area contributed by atoms with Crippen molar-refractivity contribution in [1.82, 2.24) is 9.97 Å². The molecule has 19 heavy (non-hydrogen) atoms. The van der Waals surface area contributed by atoms with Gasteiger partial charge >= 0.3 is 5.97 Å². The standard InChI is InChI=1S/C13H21N3O3/c1-7(2)19-11-6-8(3)14-13(16-11)15-10(5)9(4)12(17)18/h6-7,9-10H,1-5H3,(H,17,18)(H,14,15,16). The molecule has 1 aromatic rings. The average molecular weight is 267 g/mol. The van der Waals surface area contributed by atoms with Gasteiger partial charge in [0.25, 0.3) is 0 Å². The fourth-order valence-corrected chi connectivity index (χ4v) is 1.45. The highest BCUT2D eigenvalue weighted by molar-refractivity contribution is 5.70. The van der Waals surface area contributed by atoms with Crippen molar-refractivity contribution < 1.29 is 14.6 Å². The van der Waals surface area contributed by atoms with Crippen LogP contribution in [0, 0.1) is 12.8 Å². The zero-order valence-electron chi connectivity index (χ0n) is 12.0. The molecular formula is C13H21N3O3. The molecule has 0 radical (unpaired) electrons. The lowest BCUT2D eigenvalue weighted by molar-refractivity contribution is -0.141. The summed E-state index contributed by atoms with van der Waals surface area (Å²) in [5.74, 6) is -0.513. The number of hydrogen-bond donors (Lipinski definition) is 2. The van der Waals surface area contributed by atoms with Crippen LogP contribution >= 0.6 is 0 Å². The molecule has 0 aliphatic carbocycles. The average Bonchev–Trinajstić information content (AvgIpc) is 2.25. The third kappa shape index (κ3) is 4.73. The van der Waals surface area contributed by atoms with Crippen LogP contribution in [0.5, 0.6) is 5.88 Å². The second kappa shape index (κ2) is 6.36. The largest absolute Gasteiger partial charge is 0.481 e. The van der Waals surface area contributed by atoms with Gasteiger partial charge in [-0.2, -0.15) is 4.98 Å². The number of carbonyl (C=O) groups is 1. The summed E-state index contributed by atoms with van der Waals surface area (Å²) < 4.78 is 5.52. The Balaban J connectivity index is 2.83. The number of aromatic nitrogens is 2. The quantitative estimate of drug-likeness (QED) is 0.821. The minimum absolute atomic E-state index is 0.0255. The van der Waals surface area contributed by atoms with Crippen molar-refractivity contribution in [2.75, 3.05) is 5.32 Å². The Bertz CT molecular complexity index is 449. The summed E-state index contributed by atoms with van der Waals surface area (Å²) in [5, 5.41) is 11.9. The number of rotatable bonds is 6. The molecule has 6 heteroatoms. The third-order valence-corrected chi connectivity index (χ3v) is 2.68. The molecule has 0 amide bonds. The Kier molecular flexibility index (Phi) is 5.09. The first-order valence-electron chi connectivity index (χ1n) is 6.31. The van der Waals surface area contributed by atoms with Crippen LogP contribution in [0.3, 0.4) is 0 Å². The van der Waals surface area contributed by atoms with E-state index >= 15 is 0 Å². The molecule has 0 aliphatic rings. The first kappa shape index (κ1) is 15.2. The molecule has 2 N–H and O–H groups in total. The van der Waals surface area contributed by atoms with Gasteiger partial charge < -0.3 is 15.2 Å². The number of anilines is 1. The summed E-state index contributed by atoms with van der Waals surface area (Å²) in [4.78, 5) is 19.4. The molecule has 0 bridgehead atoms. The number of hydrogen-bond acceptors (Lipinski definition) is 5. The Hall–Kier alpha value is -1.85. The molecule has 1 aromatic heterocycles. The van der Waals surface area contributed by atoms with Gasteiger partial charge in [0.2, 0.25) is 11.8 Å². The van der Waals surface area contributed by atoms with Crippen LogP contribution in [0.1, 0.15) is 33.4 Å². The lowest BCUT2D eigenvalue weighted by Crippen LogP contribution is -2.30. The van der Waals surface area contributed by atoms with Gasteiger partial charge in [-0.25, -0.2) is 4.98 Å². The van der Waals surface area contributed by atoms with Gasteiger partial charge in [-0.15, -0.1) is 0 Å². The van der Waals surface area contributed by atoms with Crippen LogP contribution in [0.4, 0.5) is 5.95 Å².